The lowest BCUT2D eigenvalue weighted by Crippen LogP contribution is -2.36. The second kappa shape index (κ2) is 5.53. The van der Waals surface area contributed by atoms with Gasteiger partial charge in [0.15, 0.2) is 0 Å². The summed E-state index contributed by atoms with van der Waals surface area (Å²) in [5, 5.41) is 3.53. The molecule has 19 heavy (non-hydrogen) atoms. The van der Waals surface area contributed by atoms with Crippen molar-refractivity contribution in [1.29, 1.82) is 0 Å². The Hall–Kier alpha value is -0.410. The topological polar surface area (TPSA) is 12.0 Å². The van der Waals surface area contributed by atoms with Crippen molar-refractivity contribution in [3.8, 4) is 0 Å². The largest absolute Gasteiger partial charge is 0.310 e. The van der Waals surface area contributed by atoms with E-state index in [0.29, 0.717) is 12.6 Å². The fourth-order valence-electron chi connectivity index (χ4n) is 4.01. The number of nitrogens with one attached hydrogen (secondary N) is 1. The minimum Gasteiger partial charge on any atom is -0.310 e. The molecule has 2 bridgehead atoms. The van der Waals surface area contributed by atoms with Crippen LogP contribution in [0.5, 0.6) is 0 Å². The van der Waals surface area contributed by atoms with Crippen molar-refractivity contribution in [2.75, 3.05) is 0 Å². The molecule has 0 spiro atoms. The lowest BCUT2D eigenvalue weighted by molar-refractivity contribution is 0.259. The molecule has 1 aromatic carbocycles. The molecule has 0 saturated heterocycles. The Morgan fingerprint density at radius 3 is 2.89 bits per heavy atom. The van der Waals surface area contributed by atoms with Crippen molar-refractivity contribution >= 4 is 15.9 Å². The molecule has 104 valence electrons. The van der Waals surface area contributed by atoms with E-state index in [1.807, 2.05) is 6.07 Å². The second-order valence-corrected chi connectivity index (χ2v) is 7.16. The van der Waals surface area contributed by atoms with E-state index in [9.17, 15) is 4.39 Å². The van der Waals surface area contributed by atoms with Gasteiger partial charge in [0.1, 0.15) is 5.82 Å². The highest BCUT2D eigenvalue weighted by Gasteiger charge is 2.41. The van der Waals surface area contributed by atoms with Crippen LogP contribution in [0.1, 0.15) is 38.2 Å². The highest BCUT2D eigenvalue weighted by Crippen LogP contribution is 2.49. The van der Waals surface area contributed by atoms with Gasteiger partial charge < -0.3 is 5.32 Å². The Bertz CT molecular complexity index is 462. The SMILES string of the molecule is CC(NCc1cc(Br)ccc1F)C1CC2CCC1C2. The zero-order chi connectivity index (χ0) is 13.4. The van der Waals surface area contributed by atoms with E-state index in [1.54, 1.807) is 6.07 Å². The molecule has 2 saturated carbocycles. The second-order valence-electron chi connectivity index (χ2n) is 6.24. The molecular formula is C16H21BrFN. The van der Waals surface area contributed by atoms with E-state index >= 15 is 0 Å². The van der Waals surface area contributed by atoms with Gasteiger partial charge >= 0.3 is 0 Å². The van der Waals surface area contributed by atoms with Crippen LogP contribution in [0.4, 0.5) is 4.39 Å². The van der Waals surface area contributed by atoms with Gasteiger partial charge in [0.2, 0.25) is 0 Å². The third kappa shape index (κ3) is 2.87. The van der Waals surface area contributed by atoms with E-state index < -0.39 is 0 Å². The molecule has 3 heteroatoms. The summed E-state index contributed by atoms with van der Waals surface area (Å²) in [6.07, 6.45) is 5.66. The molecule has 3 rings (SSSR count). The Balaban J connectivity index is 1.58. The van der Waals surface area contributed by atoms with E-state index in [1.165, 1.54) is 31.7 Å². The van der Waals surface area contributed by atoms with Gasteiger partial charge in [0, 0.05) is 22.6 Å². The molecule has 2 fully saturated rings. The summed E-state index contributed by atoms with van der Waals surface area (Å²) in [7, 11) is 0. The average Bonchev–Trinajstić information content (AvgIpc) is 3.02. The molecule has 0 heterocycles. The first kappa shape index (κ1) is 13.6. The summed E-state index contributed by atoms with van der Waals surface area (Å²) in [4.78, 5) is 0. The molecular weight excluding hydrogens is 305 g/mol. The first-order valence-electron chi connectivity index (χ1n) is 7.31. The molecule has 1 nitrogen and oxygen atoms in total. The third-order valence-corrected chi connectivity index (χ3v) is 5.55. The predicted octanol–water partition coefficient (Wildman–Crippen LogP) is 4.50. The van der Waals surface area contributed by atoms with Crippen LogP contribution in [0, 0.1) is 23.6 Å². The summed E-state index contributed by atoms with van der Waals surface area (Å²) in [5.74, 6) is 2.58. The highest BCUT2D eigenvalue weighted by molar-refractivity contribution is 9.10. The van der Waals surface area contributed by atoms with E-state index in [4.69, 9.17) is 0 Å². The van der Waals surface area contributed by atoms with Gasteiger partial charge in [-0.15, -0.1) is 0 Å². The van der Waals surface area contributed by atoms with Crippen molar-refractivity contribution in [3.05, 3.63) is 34.1 Å². The predicted molar refractivity (Wildman–Crippen MR) is 79.3 cm³/mol. The van der Waals surface area contributed by atoms with Gasteiger partial charge in [0.25, 0.3) is 0 Å². The Kier molecular flexibility index (Phi) is 3.95. The van der Waals surface area contributed by atoms with Crippen molar-refractivity contribution in [1.82, 2.24) is 5.32 Å². The first-order chi connectivity index (χ1) is 9.13. The lowest BCUT2D eigenvalue weighted by Gasteiger charge is -2.28. The quantitative estimate of drug-likeness (QED) is 0.859. The van der Waals surface area contributed by atoms with Crippen LogP contribution in [0.3, 0.4) is 0 Å². The molecule has 4 atom stereocenters. The Morgan fingerprint density at radius 1 is 1.37 bits per heavy atom. The fourth-order valence-corrected chi connectivity index (χ4v) is 4.42. The van der Waals surface area contributed by atoms with E-state index in [0.717, 1.165) is 27.8 Å². The molecule has 0 radical (unpaired) electrons. The van der Waals surface area contributed by atoms with Crippen LogP contribution < -0.4 is 5.32 Å². The summed E-state index contributed by atoms with van der Waals surface area (Å²) in [6.45, 7) is 2.89. The summed E-state index contributed by atoms with van der Waals surface area (Å²) >= 11 is 3.40. The standard InChI is InChI=1S/C16H21BrFN/c1-10(15-7-11-2-3-12(15)6-11)19-9-13-8-14(17)4-5-16(13)18/h4-5,8,10-12,15,19H,2-3,6-7,9H2,1H3. The van der Waals surface area contributed by atoms with Crippen LogP contribution >= 0.6 is 15.9 Å². The minimum absolute atomic E-state index is 0.115. The maximum atomic E-state index is 13.7. The van der Waals surface area contributed by atoms with E-state index in [-0.39, 0.29) is 5.82 Å². The highest BCUT2D eigenvalue weighted by atomic mass is 79.9. The average molecular weight is 326 g/mol. The van der Waals surface area contributed by atoms with Gasteiger partial charge in [-0.05, 0) is 62.1 Å². The monoisotopic (exact) mass is 325 g/mol. The Morgan fingerprint density at radius 2 is 2.21 bits per heavy atom. The van der Waals surface area contributed by atoms with E-state index in [2.05, 4.69) is 28.2 Å². The van der Waals surface area contributed by atoms with Gasteiger partial charge in [-0.25, -0.2) is 4.39 Å². The third-order valence-electron chi connectivity index (χ3n) is 5.06. The number of hydrogen-bond acceptors (Lipinski definition) is 1. The summed E-state index contributed by atoms with van der Waals surface area (Å²) in [5.41, 5.74) is 0.754. The maximum Gasteiger partial charge on any atom is 0.127 e. The van der Waals surface area contributed by atoms with Crippen molar-refractivity contribution in [2.45, 2.75) is 45.2 Å². The van der Waals surface area contributed by atoms with Crippen LogP contribution in [-0.2, 0) is 6.54 Å². The van der Waals surface area contributed by atoms with Crippen molar-refractivity contribution < 1.29 is 4.39 Å². The lowest BCUT2D eigenvalue weighted by atomic mass is 9.84. The molecule has 2 aliphatic rings. The number of halogens is 2. The maximum absolute atomic E-state index is 13.7. The molecule has 0 aromatic heterocycles. The Labute approximate surface area is 123 Å². The van der Waals surface area contributed by atoms with Crippen molar-refractivity contribution in [3.63, 3.8) is 0 Å². The number of hydrogen-bond donors (Lipinski definition) is 1. The van der Waals surface area contributed by atoms with Gasteiger partial charge in [-0.2, -0.15) is 0 Å². The number of fused-ring (bicyclic) bond motifs is 2. The smallest absolute Gasteiger partial charge is 0.127 e. The molecule has 0 aliphatic heterocycles. The van der Waals surface area contributed by atoms with Gasteiger partial charge in [-0.1, -0.05) is 22.4 Å². The first-order valence-corrected chi connectivity index (χ1v) is 8.10. The van der Waals surface area contributed by atoms with Crippen LogP contribution in [0.15, 0.2) is 22.7 Å². The van der Waals surface area contributed by atoms with Crippen LogP contribution in [0.2, 0.25) is 0 Å². The van der Waals surface area contributed by atoms with Gasteiger partial charge in [0.05, 0.1) is 0 Å². The molecule has 1 N–H and O–H groups in total. The van der Waals surface area contributed by atoms with Crippen molar-refractivity contribution in [2.24, 2.45) is 17.8 Å². The number of benzene rings is 1. The zero-order valence-electron chi connectivity index (χ0n) is 11.3. The number of rotatable bonds is 4. The fraction of sp³-hybridized carbons (Fsp3) is 0.625. The summed E-state index contributed by atoms with van der Waals surface area (Å²) in [6, 6.07) is 5.64. The molecule has 2 aliphatic carbocycles. The zero-order valence-corrected chi connectivity index (χ0v) is 12.9. The summed E-state index contributed by atoms with van der Waals surface area (Å²) < 4.78 is 14.6. The van der Waals surface area contributed by atoms with Crippen LogP contribution in [0.25, 0.3) is 0 Å². The molecule has 4 unspecified atom stereocenters. The minimum atomic E-state index is -0.115. The van der Waals surface area contributed by atoms with Crippen LogP contribution in [-0.4, -0.2) is 6.04 Å². The molecule has 1 aromatic rings. The molecule has 0 amide bonds. The van der Waals surface area contributed by atoms with Gasteiger partial charge in [-0.3, -0.25) is 0 Å². The normalized spacial score (nSPS) is 30.8.